The van der Waals surface area contributed by atoms with Crippen LogP contribution >= 0.6 is 11.3 Å². The van der Waals surface area contributed by atoms with Crippen LogP contribution in [0.2, 0.25) is 0 Å². The van der Waals surface area contributed by atoms with E-state index in [1.54, 1.807) is 18.3 Å². The van der Waals surface area contributed by atoms with Gasteiger partial charge in [0, 0.05) is 29.9 Å². The maximum absolute atomic E-state index is 11.4. The molecule has 0 fully saturated rings. The van der Waals surface area contributed by atoms with Crippen LogP contribution in [0.1, 0.15) is 24.0 Å². The molecular formula is C12H19N3O2S2. The van der Waals surface area contributed by atoms with Crippen molar-refractivity contribution in [3.8, 4) is 0 Å². The average Bonchev–Trinajstić information content (AvgIpc) is 2.86. The van der Waals surface area contributed by atoms with Gasteiger partial charge in [0.1, 0.15) is 0 Å². The van der Waals surface area contributed by atoms with Crippen molar-refractivity contribution in [1.29, 1.82) is 0 Å². The van der Waals surface area contributed by atoms with E-state index >= 15 is 0 Å². The molecule has 2 aromatic rings. The van der Waals surface area contributed by atoms with Gasteiger partial charge in [0.05, 0.1) is 17.1 Å². The van der Waals surface area contributed by atoms with Gasteiger partial charge in [0.25, 0.3) is 0 Å². The normalized spacial score (nSPS) is 12.4. The van der Waals surface area contributed by atoms with Crippen LogP contribution in [0.4, 0.5) is 0 Å². The quantitative estimate of drug-likeness (QED) is 0.822. The zero-order valence-corrected chi connectivity index (χ0v) is 13.1. The number of sulfone groups is 1. The Bertz CT molecular complexity index is 671. The summed E-state index contributed by atoms with van der Waals surface area (Å²) in [6, 6.07) is 0. The van der Waals surface area contributed by atoms with Gasteiger partial charge >= 0.3 is 0 Å². The van der Waals surface area contributed by atoms with Crippen LogP contribution in [0.3, 0.4) is 0 Å². The Morgan fingerprint density at radius 1 is 1.42 bits per heavy atom. The summed E-state index contributed by atoms with van der Waals surface area (Å²) in [5, 5.41) is 5.27. The number of rotatable bonds is 6. The summed E-state index contributed by atoms with van der Waals surface area (Å²) < 4.78 is 24.9. The molecule has 0 aliphatic rings. The average molecular weight is 301 g/mol. The third kappa shape index (κ3) is 3.16. The standard InChI is InChI=1S/C12H19N3O2S2/c1-4-19(16,17)6-5-13-7-11-10(3)14-12-15(11)9(2)8-18-12/h8,13H,4-7H2,1-3H3. The molecule has 19 heavy (non-hydrogen) atoms. The van der Waals surface area contributed by atoms with E-state index in [-0.39, 0.29) is 11.5 Å². The van der Waals surface area contributed by atoms with Crippen LogP contribution < -0.4 is 5.32 Å². The summed E-state index contributed by atoms with van der Waals surface area (Å²) in [6.07, 6.45) is 0. The Kier molecular flexibility index (Phi) is 4.27. The van der Waals surface area contributed by atoms with Gasteiger partial charge in [-0.05, 0) is 13.8 Å². The monoisotopic (exact) mass is 301 g/mol. The molecule has 2 heterocycles. The molecule has 1 N–H and O–H groups in total. The lowest BCUT2D eigenvalue weighted by Crippen LogP contribution is -2.24. The lowest BCUT2D eigenvalue weighted by Gasteiger charge is -2.06. The summed E-state index contributed by atoms with van der Waals surface area (Å²) in [7, 11) is -2.89. The molecule has 2 rings (SSSR count). The first kappa shape index (κ1) is 14.5. The minimum atomic E-state index is -2.89. The minimum absolute atomic E-state index is 0.188. The van der Waals surface area contributed by atoms with Crippen molar-refractivity contribution >= 4 is 26.1 Å². The number of nitrogens with zero attached hydrogens (tertiary/aromatic N) is 2. The van der Waals surface area contributed by atoms with Crippen LogP contribution in [-0.2, 0) is 16.4 Å². The predicted molar refractivity (Wildman–Crippen MR) is 78.6 cm³/mol. The molecule has 7 heteroatoms. The highest BCUT2D eigenvalue weighted by Crippen LogP contribution is 2.20. The summed E-state index contributed by atoms with van der Waals surface area (Å²) >= 11 is 1.62. The molecule has 106 valence electrons. The van der Waals surface area contributed by atoms with Gasteiger partial charge in [-0.2, -0.15) is 0 Å². The Balaban J connectivity index is 2.02. The van der Waals surface area contributed by atoms with Gasteiger partial charge in [0.2, 0.25) is 0 Å². The molecule has 0 atom stereocenters. The number of aryl methyl sites for hydroxylation is 2. The van der Waals surface area contributed by atoms with Crippen LogP contribution in [-0.4, -0.2) is 35.9 Å². The number of imidazole rings is 1. The third-order valence-electron chi connectivity index (χ3n) is 3.15. The Hall–Kier alpha value is -0.920. The van der Waals surface area contributed by atoms with Crippen LogP contribution in [0.25, 0.3) is 4.96 Å². The van der Waals surface area contributed by atoms with Crippen LogP contribution in [0.5, 0.6) is 0 Å². The van der Waals surface area contributed by atoms with E-state index in [1.807, 2.05) is 6.92 Å². The molecule has 5 nitrogen and oxygen atoms in total. The second-order valence-electron chi connectivity index (χ2n) is 4.55. The van der Waals surface area contributed by atoms with E-state index in [1.165, 1.54) is 5.69 Å². The highest BCUT2D eigenvalue weighted by Gasteiger charge is 2.12. The zero-order chi connectivity index (χ0) is 14.0. The third-order valence-corrected chi connectivity index (χ3v) is 5.80. The molecule has 0 bridgehead atoms. The summed E-state index contributed by atoms with van der Waals surface area (Å²) in [5.74, 6) is 0.390. The second-order valence-corrected chi connectivity index (χ2v) is 7.86. The maximum atomic E-state index is 11.4. The van der Waals surface area contributed by atoms with E-state index in [4.69, 9.17) is 0 Å². The number of thiazole rings is 1. The Morgan fingerprint density at radius 2 is 2.16 bits per heavy atom. The fourth-order valence-corrected chi connectivity index (χ4v) is 3.63. The molecular weight excluding hydrogens is 282 g/mol. The van der Waals surface area contributed by atoms with Crippen molar-refractivity contribution < 1.29 is 8.42 Å². The highest BCUT2D eigenvalue weighted by atomic mass is 32.2. The molecule has 2 aromatic heterocycles. The zero-order valence-electron chi connectivity index (χ0n) is 11.4. The number of nitrogens with one attached hydrogen (secondary N) is 1. The van der Waals surface area contributed by atoms with Crippen molar-refractivity contribution in [3.63, 3.8) is 0 Å². The van der Waals surface area contributed by atoms with E-state index < -0.39 is 9.84 Å². The smallest absolute Gasteiger partial charge is 0.194 e. The number of hydrogen-bond acceptors (Lipinski definition) is 5. The number of fused-ring (bicyclic) bond motifs is 1. The first-order valence-corrected chi connectivity index (χ1v) is 8.98. The first-order valence-electron chi connectivity index (χ1n) is 6.27. The predicted octanol–water partition coefficient (Wildman–Crippen LogP) is 1.54. The van der Waals surface area contributed by atoms with E-state index in [0.29, 0.717) is 13.1 Å². The van der Waals surface area contributed by atoms with Gasteiger partial charge < -0.3 is 5.32 Å². The molecule has 0 aromatic carbocycles. The fraction of sp³-hybridized carbons (Fsp3) is 0.583. The van der Waals surface area contributed by atoms with Gasteiger partial charge in [-0.1, -0.05) is 6.92 Å². The molecule has 0 saturated heterocycles. The van der Waals surface area contributed by atoms with Crippen LogP contribution in [0, 0.1) is 13.8 Å². The minimum Gasteiger partial charge on any atom is -0.310 e. The molecule has 0 radical (unpaired) electrons. The van der Waals surface area contributed by atoms with Gasteiger partial charge in [-0.3, -0.25) is 4.40 Å². The first-order chi connectivity index (χ1) is 8.94. The maximum Gasteiger partial charge on any atom is 0.194 e. The summed E-state index contributed by atoms with van der Waals surface area (Å²) in [5.41, 5.74) is 3.28. The van der Waals surface area contributed by atoms with Gasteiger partial charge in [0.15, 0.2) is 14.8 Å². The molecule has 0 aliphatic carbocycles. The Morgan fingerprint density at radius 3 is 2.84 bits per heavy atom. The topological polar surface area (TPSA) is 63.5 Å². The van der Waals surface area contributed by atoms with Crippen molar-refractivity contribution in [2.45, 2.75) is 27.3 Å². The van der Waals surface area contributed by atoms with E-state index in [9.17, 15) is 8.42 Å². The van der Waals surface area contributed by atoms with Crippen molar-refractivity contribution in [3.05, 3.63) is 22.5 Å². The SMILES string of the molecule is CCS(=O)(=O)CCNCc1c(C)nc2scc(C)n12. The Labute approximate surface area is 117 Å². The lowest BCUT2D eigenvalue weighted by molar-refractivity contribution is 0.591. The van der Waals surface area contributed by atoms with Gasteiger partial charge in [-0.15, -0.1) is 11.3 Å². The largest absolute Gasteiger partial charge is 0.310 e. The molecule has 0 aliphatic heterocycles. The molecule has 0 spiro atoms. The summed E-state index contributed by atoms with van der Waals surface area (Å²) in [6.45, 7) is 6.83. The number of hydrogen-bond donors (Lipinski definition) is 1. The number of aromatic nitrogens is 2. The lowest BCUT2D eigenvalue weighted by atomic mass is 10.3. The second kappa shape index (κ2) is 5.60. The molecule has 0 amide bonds. The molecule has 0 unspecified atom stereocenters. The van der Waals surface area contributed by atoms with E-state index in [0.717, 1.165) is 16.3 Å². The van der Waals surface area contributed by atoms with Crippen molar-refractivity contribution in [2.24, 2.45) is 0 Å². The fourth-order valence-electron chi connectivity index (χ4n) is 1.95. The van der Waals surface area contributed by atoms with Gasteiger partial charge in [-0.25, -0.2) is 13.4 Å². The summed E-state index contributed by atoms with van der Waals surface area (Å²) in [4.78, 5) is 5.49. The highest BCUT2D eigenvalue weighted by molar-refractivity contribution is 7.91. The van der Waals surface area contributed by atoms with Crippen LogP contribution in [0.15, 0.2) is 5.38 Å². The van der Waals surface area contributed by atoms with Crippen molar-refractivity contribution in [1.82, 2.24) is 14.7 Å². The molecule has 0 saturated carbocycles. The van der Waals surface area contributed by atoms with Crippen molar-refractivity contribution in [2.75, 3.05) is 18.1 Å². The van der Waals surface area contributed by atoms with E-state index in [2.05, 4.69) is 27.0 Å².